The van der Waals surface area contributed by atoms with E-state index in [0.29, 0.717) is 59.6 Å². The van der Waals surface area contributed by atoms with Crippen LogP contribution < -0.4 is 5.56 Å². The van der Waals surface area contributed by atoms with Gasteiger partial charge < -0.3 is 9.64 Å². The standard InChI is InChI=1S/C21H20ClN3O3S/c22-15-6-7-18-17(14-15)20(27)25(16-4-2-1-3-5-16)21(23-18)29-13-8-19(26)24-9-11-28-12-10-24/h1-7,14H,8-13H2. The van der Waals surface area contributed by atoms with Crippen molar-refractivity contribution >= 4 is 40.2 Å². The summed E-state index contributed by atoms with van der Waals surface area (Å²) in [7, 11) is 0. The molecule has 0 radical (unpaired) electrons. The summed E-state index contributed by atoms with van der Waals surface area (Å²) in [5.41, 5.74) is 1.15. The minimum absolute atomic E-state index is 0.0991. The maximum absolute atomic E-state index is 13.2. The van der Waals surface area contributed by atoms with E-state index < -0.39 is 0 Å². The van der Waals surface area contributed by atoms with Crippen LogP contribution in [0.1, 0.15) is 6.42 Å². The summed E-state index contributed by atoms with van der Waals surface area (Å²) in [6.07, 6.45) is 0.383. The van der Waals surface area contributed by atoms with Gasteiger partial charge in [0.25, 0.3) is 5.56 Å². The molecule has 29 heavy (non-hydrogen) atoms. The largest absolute Gasteiger partial charge is 0.378 e. The van der Waals surface area contributed by atoms with Gasteiger partial charge in [0.1, 0.15) is 0 Å². The Labute approximate surface area is 177 Å². The van der Waals surface area contributed by atoms with E-state index in [1.165, 1.54) is 11.8 Å². The van der Waals surface area contributed by atoms with Gasteiger partial charge in [0.15, 0.2) is 5.16 Å². The normalized spacial score (nSPS) is 14.3. The predicted octanol–water partition coefficient (Wildman–Crippen LogP) is 3.38. The average molecular weight is 430 g/mol. The van der Waals surface area contributed by atoms with Crippen LogP contribution in [0, 0.1) is 0 Å². The SMILES string of the molecule is O=C(CCSc1nc2ccc(Cl)cc2c(=O)n1-c1ccccc1)N1CCOCC1. The summed E-state index contributed by atoms with van der Waals surface area (Å²) in [4.78, 5) is 32.1. The molecule has 1 fully saturated rings. The molecule has 1 aliphatic rings. The summed E-state index contributed by atoms with van der Waals surface area (Å²) >= 11 is 7.50. The van der Waals surface area contributed by atoms with Crippen LogP contribution in [-0.4, -0.2) is 52.4 Å². The second-order valence-electron chi connectivity index (χ2n) is 6.62. The molecule has 0 aliphatic carbocycles. The van der Waals surface area contributed by atoms with Gasteiger partial charge in [-0.15, -0.1) is 0 Å². The first-order valence-corrected chi connectivity index (χ1v) is 10.8. The minimum atomic E-state index is -0.175. The molecule has 4 rings (SSSR count). The van der Waals surface area contributed by atoms with Crippen molar-refractivity contribution in [3.8, 4) is 5.69 Å². The third-order valence-electron chi connectivity index (χ3n) is 4.72. The highest BCUT2D eigenvalue weighted by atomic mass is 35.5. The molecular formula is C21H20ClN3O3S. The fourth-order valence-electron chi connectivity index (χ4n) is 3.24. The van der Waals surface area contributed by atoms with E-state index in [0.717, 1.165) is 5.69 Å². The summed E-state index contributed by atoms with van der Waals surface area (Å²) in [6.45, 7) is 2.43. The quantitative estimate of drug-likeness (QED) is 0.459. The number of aromatic nitrogens is 2. The van der Waals surface area contributed by atoms with Gasteiger partial charge in [0.05, 0.1) is 29.8 Å². The Kier molecular flexibility index (Phi) is 6.18. The maximum atomic E-state index is 13.2. The third kappa shape index (κ3) is 4.47. The molecule has 150 valence electrons. The Morgan fingerprint density at radius 3 is 2.66 bits per heavy atom. The Balaban J connectivity index is 1.63. The topological polar surface area (TPSA) is 64.4 Å². The molecular weight excluding hydrogens is 410 g/mol. The number of carbonyl (C=O) groups excluding carboxylic acids is 1. The van der Waals surface area contributed by atoms with E-state index in [4.69, 9.17) is 16.3 Å². The molecule has 8 heteroatoms. The molecule has 0 unspecified atom stereocenters. The number of hydrogen-bond donors (Lipinski definition) is 0. The highest BCUT2D eigenvalue weighted by Crippen LogP contribution is 2.23. The van der Waals surface area contributed by atoms with Crippen LogP contribution in [0.25, 0.3) is 16.6 Å². The lowest BCUT2D eigenvalue weighted by Crippen LogP contribution is -2.40. The lowest BCUT2D eigenvalue weighted by atomic mass is 10.2. The van der Waals surface area contributed by atoms with Crippen LogP contribution in [-0.2, 0) is 9.53 Å². The van der Waals surface area contributed by atoms with Crippen LogP contribution in [0.15, 0.2) is 58.5 Å². The average Bonchev–Trinajstić information content (AvgIpc) is 2.75. The number of rotatable bonds is 5. The zero-order chi connectivity index (χ0) is 20.2. The molecule has 0 saturated carbocycles. The molecule has 1 amide bonds. The van der Waals surface area contributed by atoms with Crippen molar-refractivity contribution in [2.24, 2.45) is 0 Å². The number of amides is 1. The first kappa shape index (κ1) is 19.9. The zero-order valence-electron chi connectivity index (χ0n) is 15.7. The maximum Gasteiger partial charge on any atom is 0.266 e. The van der Waals surface area contributed by atoms with Gasteiger partial charge in [0.2, 0.25) is 5.91 Å². The molecule has 0 spiro atoms. The van der Waals surface area contributed by atoms with E-state index in [1.807, 2.05) is 35.2 Å². The highest BCUT2D eigenvalue weighted by molar-refractivity contribution is 7.99. The summed E-state index contributed by atoms with van der Waals surface area (Å²) < 4.78 is 6.88. The zero-order valence-corrected chi connectivity index (χ0v) is 17.3. The predicted molar refractivity (Wildman–Crippen MR) is 115 cm³/mol. The molecule has 6 nitrogen and oxygen atoms in total. The number of nitrogens with zero attached hydrogens (tertiary/aromatic N) is 3. The Bertz CT molecular complexity index is 1080. The van der Waals surface area contributed by atoms with Crippen LogP contribution in [0.2, 0.25) is 5.02 Å². The number of ether oxygens (including phenoxy) is 1. The van der Waals surface area contributed by atoms with Gasteiger partial charge >= 0.3 is 0 Å². The van der Waals surface area contributed by atoms with E-state index >= 15 is 0 Å². The van der Waals surface area contributed by atoms with E-state index in [1.54, 1.807) is 22.8 Å². The third-order valence-corrected chi connectivity index (χ3v) is 5.90. The van der Waals surface area contributed by atoms with Gasteiger partial charge in [-0.1, -0.05) is 41.6 Å². The smallest absolute Gasteiger partial charge is 0.266 e. The van der Waals surface area contributed by atoms with Crippen molar-refractivity contribution < 1.29 is 9.53 Å². The second-order valence-corrected chi connectivity index (χ2v) is 8.12. The fourth-order valence-corrected chi connectivity index (χ4v) is 4.35. The second kappa shape index (κ2) is 8.98. The minimum Gasteiger partial charge on any atom is -0.378 e. The highest BCUT2D eigenvalue weighted by Gasteiger charge is 2.18. The van der Waals surface area contributed by atoms with Crippen molar-refractivity contribution in [2.45, 2.75) is 11.6 Å². The number of thioether (sulfide) groups is 1. The summed E-state index contributed by atoms with van der Waals surface area (Å²) in [6, 6.07) is 14.5. The first-order valence-electron chi connectivity index (χ1n) is 9.39. The van der Waals surface area contributed by atoms with Crippen LogP contribution in [0.3, 0.4) is 0 Å². The van der Waals surface area contributed by atoms with Crippen molar-refractivity contribution in [1.29, 1.82) is 0 Å². The molecule has 1 saturated heterocycles. The number of halogens is 1. The number of carbonyl (C=O) groups is 1. The number of fused-ring (bicyclic) bond motifs is 1. The molecule has 0 N–H and O–H groups in total. The molecule has 1 aliphatic heterocycles. The van der Waals surface area contributed by atoms with Crippen molar-refractivity contribution in [3.63, 3.8) is 0 Å². The number of hydrogen-bond acceptors (Lipinski definition) is 5. The van der Waals surface area contributed by atoms with Gasteiger partial charge in [-0.25, -0.2) is 4.98 Å². The molecule has 1 aromatic heterocycles. The summed E-state index contributed by atoms with van der Waals surface area (Å²) in [5, 5.41) is 1.52. The van der Waals surface area contributed by atoms with E-state index in [9.17, 15) is 9.59 Å². The Hall–Kier alpha value is -2.35. The fraction of sp³-hybridized carbons (Fsp3) is 0.286. The van der Waals surface area contributed by atoms with Gasteiger partial charge in [0, 0.05) is 30.3 Å². The van der Waals surface area contributed by atoms with Crippen molar-refractivity contribution in [2.75, 3.05) is 32.1 Å². The summed E-state index contributed by atoms with van der Waals surface area (Å²) in [5.74, 6) is 0.635. The van der Waals surface area contributed by atoms with Crippen molar-refractivity contribution in [3.05, 3.63) is 63.9 Å². The van der Waals surface area contributed by atoms with E-state index in [2.05, 4.69) is 4.98 Å². The van der Waals surface area contributed by atoms with Gasteiger partial charge in [-0.3, -0.25) is 14.2 Å². The Morgan fingerprint density at radius 1 is 1.14 bits per heavy atom. The van der Waals surface area contributed by atoms with Gasteiger partial charge in [-0.2, -0.15) is 0 Å². The first-order chi connectivity index (χ1) is 14.1. The molecule has 2 heterocycles. The number of morpholine rings is 1. The monoisotopic (exact) mass is 429 g/mol. The Morgan fingerprint density at radius 2 is 1.90 bits per heavy atom. The van der Waals surface area contributed by atoms with Crippen LogP contribution in [0.4, 0.5) is 0 Å². The van der Waals surface area contributed by atoms with Crippen molar-refractivity contribution in [1.82, 2.24) is 14.5 Å². The molecule has 3 aromatic rings. The van der Waals surface area contributed by atoms with Gasteiger partial charge in [-0.05, 0) is 30.3 Å². The lowest BCUT2D eigenvalue weighted by molar-refractivity contribution is -0.134. The lowest BCUT2D eigenvalue weighted by Gasteiger charge is -2.26. The van der Waals surface area contributed by atoms with Crippen LogP contribution >= 0.6 is 23.4 Å². The molecule has 2 aromatic carbocycles. The molecule has 0 bridgehead atoms. The number of para-hydroxylation sites is 1. The molecule has 0 atom stereocenters. The van der Waals surface area contributed by atoms with E-state index in [-0.39, 0.29) is 11.5 Å². The van der Waals surface area contributed by atoms with Crippen LogP contribution in [0.5, 0.6) is 0 Å². The number of benzene rings is 2.